The SMILES string of the molecule is COC(=O)c1ccc(CNC(=O)CCNC(=O)c2ccc(Br)cc2)cc1. The summed E-state index contributed by atoms with van der Waals surface area (Å²) in [5.74, 6) is -0.788. The maximum absolute atomic E-state index is 11.9. The summed E-state index contributed by atoms with van der Waals surface area (Å²) in [7, 11) is 1.33. The van der Waals surface area contributed by atoms with Crippen molar-refractivity contribution in [1.29, 1.82) is 0 Å². The third-order valence-corrected chi connectivity index (χ3v) is 4.14. The Kier molecular flexibility index (Phi) is 7.35. The predicted octanol–water partition coefficient (Wildman–Crippen LogP) is 2.67. The van der Waals surface area contributed by atoms with E-state index in [2.05, 4.69) is 31.3 Å². The van der Waals surface area contributed by atoms with Crippen LogP contribution in [0.25, 0.3) is 0 Å². The number of amides is 2. The van der Waals surface area contributed by atoms with Gasteiger partial charge in [-0.15, -0.1) is 0 Å². The molecule has 2 amide bonds. The number of carbonyl (C=O) groups excluding carboxylic acids is 3. The highest BCUT2D eigenvalue weighted by molar-refractivity contribution is 9.10. The van der Waals surface area contributed by atoms with Crippen LogP contribution in [0.15, 0.2) is 53.0 Å². The molecular formula is C19H19BrN2O4. The van der Waals surface area contributed by atoms with Crippen LogP contribution in [-0.2, 0) is 16.1 Å². The lowest BCUT2D eigenvalue weighted by Crippen LogP contribution is -2.30. The van der Waals surface area contributed by atoms with E-state index in [1.807, 2.05) is 0 Å². The fraction of sp³-hybridized carbons (Fsp3) is 0.211. The highest BCUT2D eigenvalue weighted by atomic mass is 79.9. The first-order valence-electron chi connectivity index (χ1n) is 7.97. The number of hydrogen-bond acceptors (Lipinski definition) is 4. The van der Waals surface area contributed by atoms with Crippen LogP contribution in [0.4, 0.5) is 0 Å². The van der Waals surface area contributed by atoms with Gasteiger partial charge in [0.1, 0.15) is 0 Å². The molecule has 2 aromatic rings. The molecule has 0 unspecified atom stereocenters. The molecule has 0 fully saturated rings. The molecule has 0 saturated carbocycles. The van der Waals surface area contributed by atoms with Gasteiger partial charge in [0, 0.05) is 29.5 Å². The monoisotopic (exact) mass is 418 g/mol. The van der Waals surface area contributed by atoms with Crippen LogP contribution < -0.4 is 10.6 Å². The topological polar surface area (TPSA) is 84.5 Å². The van der Waals surface area contributed by atoms with Gasteiger partial charge in [0.25, 0.3) is 5.91 Å². The summed E-state index contributed by atoms with van der Waals surface area (Å²) >= 11 is 3.31. The Morgan fingerprint density at radius 3 is 2.15 bits per heavy atom. The Balaban J connectivity index is 1.71. The van der Waals surface area contributed by atoms with Crippen LogP contribution >= 0.6 is 15.9 Å². The van der Waals surface area contributed by atoms with E-state index >= 15 is 0 Å². The van der Waals surface area contributed by atoms with Gasteiger partial charge in [0.2, 0.25) is 5.91 Å². The average molecular weight is 419 g/mol. The summed E-state index contributed by atoms with van der Waals surface area (Å²) in [6, 6.07) is 13.8. The second kappa shape index (κ2) is 9.72. The number of carbonyl (C=O) groups is 3. The maximum atomic E-state index is 11.9. The lowest BCUT2D eigenvalue weighted by molar-refractivity contribution is -0.121. The summed E-state index contributed by atoms with van der Waals surface area (Å²) in [5.41, 5.74) is 1.86. The van der Waals surface area contributed by atoms with E-state index in [1.54, 1.807) is 48.5 Å². The van der Waals surface area contributed by atoms with Crippen molar-refractivity contribution in [3.05, 3.63) is 69.7 Å². The minimum Gasteiger partial charge on any atom is -0.465 e. The van der Waals surface area contributed by atoms with Gasteiger partial charge in [-0.3, -0.25) is 9.59 Å². The molecule has 0 aliphatic heterocycles. The van der Waals surface area contributed by atoms with E-state index in [0.717, 1.165) is 10.0 Å². The number of esters is 1. The molecule has 2 N–H and O–H groups in total. The number of hydrogen-bond donors (Lipinski definition) is 2. The van der Waals surface area contributed by atoms with Crippen molar-refractivity contribution in [3.63, 3.8) is 0 Å². The fourth-order valence-corrected chi connectivity index (χ4v) is 2.42. The lowest BCUT2D eigenvalue weighted by atomic mass is 10.1. The predicted molar refractivity (Wildman–Crippen MR) is 101 cm³/mol. The van der Waals surface area contributed by atoms with Crippen LogP contribution in [0, 0.1) is 0 Å². The second-order valence-electron chi connectivity index (χ2n) is 5.48. The number of halogens is 1. The summed E-state index contributed by atoms with van der Waals surface area (Å²) < 4.78 is 5.53. The largest absolute Gasteiger partial charge is 0.465 e. The molecule has 2 aromatic carbocycles. The van der Waals surface area contributed by atoms with Crippen molar-refractivity contribution in [2.24, 2.45) is 0 Å². The second-order valence-corrected chi connectivity index (χ2v) is 6.39. The zero-order valence-electron chi connectivity index (χ0n) is 14.3. The number of benzene rings is 2. The first kappa shape index (κ1) is 19.7. The van der Waals surface area contributed by atoms with E-state index in [9.17, 15) is 14.4 Å². The van der Waals surface area contributed by atoms with Crippen LogP contribution in [-0.4, -0.2) is 31.4 Å². The van der Waals surface area contributed by atoms with Gasteiger partial charge in [0.15, 0.2) is 0 Å². The molecule has 136 valence electrons. The Labute approximate surface area is 160 Å². The Morgan fingerprint density at radius 1 is 0.923 bits per heavy atom. The first-order valence-corrected chi connectivity index (χ1v) is 8.76. The Hall–Kier alpha value is -2.67. The number of rotatable bonds is 7. The Morgan fingerprint density at radius 2 is 1.54 bits per heavy atom. The Bertz CT molecular complexity index is 773. The molecule has 0 spiro atoms. The van der Waals surface area contributed by atoms with Gasteiger partial charge in [-0.1, -0.05) is 28.1 Å². The van der Waals surface area contributed by atoms with Crippen molar-refractivity contribution in [3.8, 4) is 0 Å². The molecule has 7 heteroatoms. The quantitative estimate of drug-likeness (QED) is 0.676. The molecule has 0 bridgehead atoms. The number of nitrogens with one attached hydrogen (secondary N) is 2. The molecule has 0 aliphatic carbocycles. The van der Waals surface area contributed by atoms with Crippen molar-refractivity contribution < 1.29 is 19.1 Å². The summed E-state index contributed by atoms with van der Waals surface area (Å²) in [4.78, 5) is 35.1. The highest BCUT2D eigenvalue weighted by Gasteiger charge is 2.07. The zero-order chi connectivity index (χ0) is 18.9. The normalized spacial score (nSPS) is 10.1. The van der Waals surface area contributed by atoms with E-state index in [4.69, 9.17) is 0 Å². The van der Waals surface area contributed by atoms with Crippen molar-refractivity contribution in [2.75, 3.05) is 13.7 Å². The van der Waals surface area contributed by atoms with Crippen LogP contribution in [0.5, 0.6) is 0 Å². The van der Waals surface area contributed by atoms with Gasteiger partial charge in [-0.2, -0.15) is 0 Å². The van der Waals surface area contributed by atoms with E-state index in [0.29, 0.717) is 17.7 Å². The molecule has 26 heavy (non-hydrogen) atoms. The third-order valence-electron chi connectivity index (χ3n) is 3.61. The van der Waals surface area contributed by atoms with Gasteiger partial charge in [0.05, 0.1) is 12.7 Å². The van der Waals surface area contributed by atoms with Gasteiger partial charge < -0.3 is 15.4 Å². The molecular weight excluding hydrogens is 400 g/mol. The third kappa shape index (κ3) is 6.00. The van der Waals surface area contributed by atoms with Crippen LogP contribution in [0.2, 0.25) is 0 Å². The van der Waals surface area contributed by atoms with Gasteiger partial charge in [-0.25, -0.2) is 4.79 Å². The lowest BCUT2D eigenvalue weighted by Gasteiger charge is -2.08. The summed E-state index contributed by atoms with van der Waals surface area (Å²) in [6.45, 7) is 0.600. The van der Waals surface area contributed by atoms with Crippen molar-refractivity contribution in [2.45, 2.75) is 13.0 Å². The number of ether oxygens (including phenoxy) is 1. The van der Waals surface area contributed by atoms with E-state index in [-0.39, 0.29) is 24.8 Å². The summed E-state index contributed by atoms with van der Waals surface area (Å²) in [6.07, 6.45) is 0.183. The van der Waals surface area contributed by atoms with E-state index < -0.39 is 5.97 Å². The molecule has 0 aromatic heterocycles. The van der Waals surface area contributed by atoms with Gasteiger partial charge >= 0.3 is 5.97 Å². The minimum atomic E-state index is -0.401. The zero-order valence-corrected chi connectivity index (χ0v) is 15.8. The maximum Gasteiger partial charge on any atom is 0.337 e. The van der Waals surface area contributed by atoms with Crippen LogP contribution in [0.1, 0.15) is 32.7 Å². The average Bonchev–Trinajstić information content (AvgIpc) is 2.66. The van der Waals surface area contributed by atoms with Crippen LogP contribution in [0.3, 0.4) is 0 Å². The molecule has 0 atom stereocenters. The molecule has 6 nitrogen and oxygen atoms in total. The summed E-state index contributed by atoms with van der Waals surface area (Å²) in [5, 5.41) is 5.48. The molecule has 0 radical (unpaired) electrons. The minimum absolute atomic E-state index is 0.168. The van der Waals surface area contributed by atoms with E-state index in [1.165, 1.54) is 7.11 Å². The fourth-order valence-electron chi connectivity index (χ4n) is 2.16. The smallest absolute Gasteiger partial charge is 0.337 e. The number of methoxy groups -OCH3 is 1. The van der Waals surface area contributed by atoms with Crippen molar-refractivity contribution in [1.82, 2.24) is 10.6 Å². The molecule has 0 heterocycles. The molecule has 0 aliphatic rings. The molecule has 2 rings (SSSR count). The van der Waals surface area contributed by atoms with Gasteiger partial charge in [-0.05, 0) is 42.0 Å². The standard InChI is InChI=1S/C19H19BrN2O4/c1-26-19(25)15-4-2-13(3-5-15)12-22-17(23)10-11-21-18(24)14-6-8-16(20)9-7-14/h2-9H,10-12H2,1H3,(H,21,24)(H,22,23). The highest BCUT2D eigenvalue weighted by Crippen LogP contribution is 2.10. The molecule has 0 saturated heterocycles. The van der Waals surface area contributed by atoms with Crippen molar-refractivity contribution >= 4 is 33.7 Å². The first-order chi connectivity index (χ1) is 12.5.